The second-order valence-corrected chi connectivity index (χ2v) is 5.50. The summed E-state index contributed by atoms with van der Waals surface area (Å²) in [5, 5.41) is 6.00. The maximum Gasteiger partial charge on any atom is 0.0366 e. The Morgan fingerprint density at radius 3 is 2.56 bits per heavy atom. The van der Waals surface area contributed by atoms with Crippen LogP contribution in [0.2, 0.25) is 0 Å². The van der Waals surface area contributed by atoms with Crippen LogP contribution < -0.4 is 11.1 Å². The van der Waals surface area contributed by atoms with Crippen molar-refractivity contribution >= 4 is 16.5 Å². The summed E-state index contributed by atoms with van der Waals surface area (Å²) in [6, 6.07) is 12.6. The molecule has 2 atom stereocenters. The van der Waals surface area contributed by atoms with Gasteiger partial charge in [0.1, 0.15) is 0 Å². The van der Waals surface area contributed by atoms with Gasteiger partial charge in [0.2, 0.25) is 0 Å². The van der Waals surface area contributed by atoms with Crippen molar-refractivity contribution in [3.8, 4) is 0 Å². The molecule has 1 fully saturated rings. The molecule has 3 rings (SSSR count). The second-order valence-electron chi connectivity index (χ2n) is 5.50. The Labute approximate surface area is 108 Å². The lowest BCUT2D eigenvalue weighted by molar-refractivity contribution is 0.613. The van der Waals surface area contributed by atoms with Gasteiger partial charge in [0, 0.05) is 12.2 Å². The molecule has 3 N–H and O–H groups in total. The molecule has 2 nitrogen and oxygen atoms in total. The summed E-state index contributed by atoms with van der Waals surface area (Å²) in [7, 11) is 0. The lowest BCUT2D eigenvalue weighted by Crippen LogP contribution is -2.17. The van der Waals surface area contributed by atoms with Crippen LogP contribution >= 0.6 is 0 Å². The van der Waals surface area contributed by atoms with Crippen molar-refractivity contribution in [2.45, 2.75) is 19.9 Å². The third-order valence-corrected chi connectivity index (χ3v) is 4.01. The van der Waals surface area contributed by atoms with Crippen LogP contribution in [-0.2, 0) is 6.54 Å². The summed E-state index contributed by atoms with van der Waals surface area (Å²) < 4.78 is 0. The lowest BCUT2D eigenvalue weighted by Gasteiger charge is -2.09. The Balaban J connectivity index is 1.72. The van der Waals surface area contributed by atoms with E-state index in [4.69, 9.17) is 5.73 Å². The zero-order valence-electron chi connectivity index (χ0n) is 10.8. The van der Waals surface area contributed by atoms with Crippen molar-refractivity contribution in [1.82, 2.24) is 5.32 Å². The Kier molecular flexibility index (Phi) is 2.96. The van der Waals surface area contributed by atoms with Gasteiger partial charge in [0.25, 0.3) is 0 Å². The summed E-state index contributed by atoms with van der Waals surface area (Å²) >= 11 is 0. The van der Waals surface area contributed by atoms with E-state index in [1.54, 1.807) is 0 Å². The topological polar surface area (TPSA) is 38.0 Å². The summed E-state index contributed by atoms with van der Waals surface area (Å²) in [5.74, 6) is 1.79. The number of hydrogen-bond acceptors (Lipinski definition) is 2. The van der Waals surface area contributed by atoms with Gasteiger partial charge in [-0.1, -0.05) is 31.2 Å². The van der Waals surface area contributed by atoms with Crippen molar-refractivity contribution in [2.24, 2.45) is 11.8 Å². The molecule has 94 valence electrons. The van der Waals surface area contributed by atoms with E-state index in [0.29, 0.717) is 0 Å². The zero-order valence-corrected chi connectivity index (χ0v) is 10.8. The van der Waals surface area contributed by atoms with Gasteiger partial charge >= 0.3 is 0 Å². The van der Waals surface area contributed by atoms with Crippen molar-refractivity contribution in [1.29, 1.82) is 0 Å². The van der Waals surface area contributed by atoms with E-state index in [0.717, 1.165) is 30.6 Å². The van der Waals surface area contributed by atoms with Crippen LogP contribution in [0.5, 0.6) is 0 Å². The first-order valence-corrected chi connectivity index (χ1v) is 6.72. The predicted octanol–water partition coefficient (Wildman–Crippen LogP) is 3.17. The first-order chi connectivity index (χ1) is 8.74. The third-order valence-electron chi connectivity index (χ3n) is 4.01. The standard InChI is InChI=1S/C16H20N2/c1-11-6-14(11)9-18-10-15-7-12-4-2-3-5-13(12)8-16(15)17/h2-5,7-8,11,14,18H,6,9-10,17H2,1H3. The molecule has 0 radical (unpaired) electrons. The minimum Gasteiger partial charge on any atom is -0.398 e. The van der Waals surface area contributed by atoms with Gasteiger partial charge in [-0.25, -0.2) is 0 Å². The van der Waals surface area contributed by atoms with Crippen molar-refractivity contribution < 1.29 is 0 Å². The average molecular weight is 240 g/mol. The van der Waals surface area contributed by atoms with Crippen LogP contribution in [0.25, 0.3) is 10.8 Å². The van der Waals surface area contributed by atoms with Crippen LogP contribution in [0.4, 0.5) is 5.69 Å². The molecule has 0 bridgehead atoms. The molecule has 1 saturated carbocycles. The smallest absolute Gasteiger partial charge is 0.0366 e. The highest BCUT2D eigenvalue weighted by Gasteiger charge is 2.31. The average Bonchev–Trinajstić information content (AvgIpc) is 3.06. The number of nitrogens with one attached hydrogen (secondary N) is 1. The number of fused-ring (bicyclic) bond motifs is 1. The van der Waals surface area contributed by atoms with Crippen molar-refractivity contribution in [3.63, 3.8) is 0 Å². The zero-order chi connectivity index (χ0) is 12.5. The van der Waals surface area contributed by atoms with Gasteiger partial charge in [-0.15, -0.1) is 0 Å². The number of nitrogens with two attached hydrogens (primary N) is 1. The quantitative estimate of drug-likeness (QED) is 0.806. The number of rotatable bonds is 4. The molecule has 2 unspecified atom stereocenters. The number of nitrogen functional groups attached to an aromatic ring is 1. The van der Waals surface area contributed by atoms with Crippen LogP contribution in [0.1, 0.15) is 18.9 Å². The SMILES string of the molecule is CC1CC1CNCc1cc2ccccc2cc1N. The highest BCUT2D eigenvalue weighted by Crippen LogP contribution is 2.36. The van der Waals surface area contributed by atoms with Gasteiger partial charge in [-0.3, -0.25) is 0 Å². The van der Waals surface area contributed by atoms with Gasteiger partial charge in [-0.2, -0.15) is 0 Å². The molecule has 1 aliphatic carbocycles. The molecule has 0 amide bonds. The Bertz CT molecular complexity index is 562. The van der Waals surface area contributed by atoms with E-state index >= 15 is 0 Å². The van der Waals surface area contributed by atoms with E-state index in [1.807, 2.05) is 6.07 Å². The first kappa shape index (κ1) is 11.5. The molecule has 2 aromatic carbocycles. The van der Waals surface area contributed by atoms with E-state index < -0.39 is 0 Å². The van der Waals surface area contributed by atoms with E-state index in [2.05, 4.69) is 42.6 Å². The molecule has 2 aromatic rings. The lowest BCUT2D eigenvalue weighted by atomic mass is 10.1. The maximum absolute atomic E-state index is 6.11. The summed E-state index contributed by atoms with van der Waals surface area (Å²) in [6.45, 7) is 4.31. The molecule has 18 heavy (non-hydrogen) atoms. The maximum atomic E-state index is 6.11. The van der Waals surface area contributed by atoms with E-state index in [9.17, 15) is 0 Å². The Hall–Kier alpha value is -1.54. The van der Waals surface area contributed by atoms with Crippen LogP contribution in [0.3, 0.4) is 0 Å². The van der Waals surface area contributed by atoms with Crippen LogP contribution in [0, 0.1) is 11.8 Å². The summed E-state index contributed by atoms with van der Waals surface area (Å²) in [4.78, 5) is 0. The van der Waals surface area contributed by atoms with E-state index in [-0.39, 0.29) is 0 Å². The number of anilines is 1. The van der Waals surface area contributed by atoms with Gasteiger partial charge in [-0.05, 0) is 53.3 Å². The van der Waals surface area contributed by atoms with Gasteiger partial charge in [0.05, 0.1) is 0 Å². The van der Waals surface area contributed by atoms with E-state index in [1.165, 1.54) is 22.8 Å². The fourth-order valence-electron chi connectivity index (χ4n) is 2.53. The summed E-state index contributed by atoms with van der Waals surface area (Å²) in [6.07, 6.45) is 1.38. The minimum atomic E-state index is 0.875. The van der Waals surface area contributed by atoms with Crippen molar-refractivity contribution in [3.05, 3.63) is 42.0 Å². The van der Waals surface area contributed by atoms with Crippen LogP contribution in [0.15, 0.2) is 36.4 Å². The Morgan fingerprint density at radius 2 is 1.89 bits per heavy atom. The molecule has 0 spiro atoms. The Morgan fingerprint density at radius 1 is 1.22 bits per heavy atom. The molecular formula is C16H20N2. The third kappa shape index (κ3) is 2.34. The first-order valence-electron chi connectivity index (χ1n) is 6.72. The molecular weight excluding hydrogens is 220 g/mol. The fourth-order valence-corrected chi connectivity index (χ4v) is 2.53. The van der Waals surface area contributed by atoms with Crippen molar-refractivity contribution in [2.75, 3.05) is 12.3 Å². The molecule has 0 heterocycles. The normalized spacial score (nSPS) is 22.3. The predicted molar refractivity (Wildman–Crippen MR) is 77.3 cm³/mol. The minimum absolute atomic E-state index is 0.875. The highest BCUT2D eigenvalue weighted by atomic mass is 14.9. The van der Waals surface area contributed by atoms with Gasteiger partial charge in [0.15, 0.2) is 0 Å². The molecule has 1 aliphatic rings. The largest absolute Gasteiger partial charge is 0.398 e. The van der Waals surface area contributed by atoms with Gasteiger partial charge < -0.3 is 11.1 Å². The fraction of sp³-hybridized carbons (Fsp3) is 0.375. The number of benzene rings is 2. The highest BCUT2D eigenvalue weighted by molar-refractivity contribution is 5.86. The molecule has 0 aliphatic heterocycles. The molecule has 0 saturated heterocycles. The van der Waals surface area contributed by atoms with Crippen LogP contribution in [-0.4, -0.2) is 6.54 Å². The summed E-state index contributed by atoms with van der Waals surface area (Å²) in [5.41, 5.74) is 8.21. The second kappa shape index (κ2) is 4.62. The monoisotopic (exact) mass is 240 g/mol. The molecule has 2 heteroatoms. The number of hydrogen-bond donors (Lipinski definition) is 2. The molecule has 0 aromatic heterocycles.